The van der Waals surface area contributed by atoms with E-state index < -0.39 is 6.04 Å². The number of nitrogens with one attached hydrogen (secondary N) is 1. The summed E-state index contributed by atoms with van der Waals surface area (Å²) in [5.41, 5.74) is 3.83. The minimum atomic E-state index is -0.480. The van der Waals surface area contributed by atoms with E-state index in [-0.39, 0.29) is 11.8 Å². The number of carbonyl (C=O) groups is 2. The van der Waals surface area contributed by atoms with Gasteiger partial charge in [0.2, 0.25) is 11.8 Å². The van der Waals surface area contributed by atoms with Crippen LogP contribution in [0.2, 0.25) is 0 Å². The Balaban J connectivity index is 2.07. The number of hydrogen-bond acceptors (Lipinski definition) is 3. The highest BCUT2D eigenvalue weighted by molar-refractivity contribution is 6.02. The molecule has 5 heteroatoms. The molecule has 1 N–H and O–H groups in total. The van der Waals surface area contributed by atoms with Crippen LogP contribution in [-0.2, 0) is 20.7 Å². The first-order valence-corrected chi connectivity index (χ1v) is 12.4. The molecule has 1 aliphatic heterocycles. The van der Waals surface area contributed by atoms with Crippen molar-refractivity contribution in [3.8, 4) is 0 Å². The van der Waals surface area contributed by atoms with Gasteiger partial charge in [-0.2, -0.15) is 0 Å². The van der Waals surface area contributed by atoms with E-state index in [1.807, 2.05) is 19.9 Å². The highest BCUT2D eigenvalue weighted by Crippen LogP contribution is 2.29. The van der Waals surface area contributed by atoms with E-state index in [9.17, 15) is 9.59 Å². The number of rotatable bonds is 13. The van der Waals surface area contributed by atoms with Gasteiger partial charge >= 0.3 is 0 Å². The van der Waals surface area contributed by atoms with Crippen molar-refractivity contribution in [1.82, 2.24) is 5.32 Å². The van der Waals surface area contributed by atoms with Gasteiger partial charge in [0, 0.05) is 24.4 Å². The summed E-state index contributed by atoms with van der Waals surface area (Å²) in [5, 5.41) is 2.83. The second-order valence-corrected chi connectivity index (χ2v) is 8.96. The van der Waals surface area contributed by atoms with Crippen LogP contribution in [0.4, 0.5) is 5.69 Å². The van der Waals surface area contributed by atoms with Crippen molar-refractivity contribution in [3.05, 3.63) is 41.6 Å². The Morgan fingerprint density at radius 3 is 2.53 bits per heavy atom. The second kappa shape index (κ2) is 13.4. The third kappa shape index (κ3) is 7.47. The monoisotopic (exact) mass is 442 g/mol. The van der Waals surface area contributed by atoms with Crippen LogP contribution >= 0.6 is 0 Å². The van der Waals surface area contributed by atoms with E-state index in [4.69, 9.17) is 4.74 Å². The number of nitrogens with zero attached hydrogens (tertiary/aromatic N) is 1. The summed E-state index contributed by atoms with van der Waals surface area (Å²) < 4.78 is 6.09. The molecule has 1 atom stereocenters. The first-order valence-electron chi connectivity index (χ1n) is 12.4. The van der Waals surface area contributed by atoms with Crippen molar-refractivity contribution < 1.29 is 14.3 Å². The summed E-state index contributed by atoms with van der Waals surface area (Å²) in [6, 6.07) is 5.76. The second-order valence-electron chi connectivity index (χ2n) is 8.96. The van der Waals surface area contributed by atoms with Gasteiger partial charge in [0.15, 0.2) is 0 Å². The highest BCUT2D eigenvalue weighted by Gasteiger charge is 2.34. The number of piperidine rings is 1. The molecule has 5 nitrogen and oxygen atoms in total. The predicted octanol–water partition coefficient (Wildman–Crippen LogP) is 5.84. The Kier molecular flexibility index (Phi) is 10.9. The molecule has 1 fully saturated rings. The fourth-order valence-corrected chi connectivity index (χ4v) is 4.44. The van der Waals surface area contributed by atoms with Crippen molar-refractivity contribution >= 4 is 17.5 Å². The fraction of sp³-hybridized carbons (Fsp3) is 0.630. The number of aryl methyl sites for hydroxylation is 2. The average Bonchev–Trinajstić information content (AvgIpc) is 2.74. The summed E-state index contributed by atoms with van der Waals surface area (Å²) in [6.45, 7) is 13.1. The molecule has 2 amide bonds. The van der Waals surface area contributed by atoms with E-state index in [0.29, 0.717) is 25.4 Å². The normalized spacial score (nSPS) is 16.3. The summed E-state index contributed by atoms with van der Waals surface area (Å²) in [5.74, 6) is -0.137. The largest absolute Gasteiger partial charge is 0.378 e. The molecule has 32 heavy (non-hydrogen) atoms. The van der Waals surface area contributed by atoms with Crippen molar-refractivity contribution in [2.75, 3.05) is 11.5 Å². The van der Waals surface area contributed by atoms with Gasteiger partial charge in [0.05, 0.1) is 6.10 Å². The maximum Gasteiger partial charge on any atom is 0.247 e. The standard InChI is InChI=1S/C27H42N2O3/c1-6-10-23(11-7-2)32-18-9-13-22-15-17-24(20(4)19-22)29(26(30)12-8-3)25-16-14-21(5)28-27(25)31/h15,17,19,23,25H,5-14,16,18H2,1-4H3,(H,28,31). The van der Waals surface area contributed by atoms with E-state index in [1.165, 1.54) is 5.56 Å². The Hall–Kier alpha value is -2.14. The molecule has 1 saturated heterocycles. The molecule has 0 saturated carbocycles. The molecule has 0 spiro atoms. The topological polar surface area (TPSA) is 58.6 Å². The van der Waals surface area contributed by atoms with Gasteiger partial charge in [-0.05, 0) is 69.1 Å². The van der Waals surface area contributed by atoms with Gasteiger partial charge in [0.1, 0.15) is 6.04 Å². The zero-order chi connectivity index (χ0) is 23.5. The van der Waals surface area contributed by atoms with Crippen LogP contribution in [0.1, 0.15) is 89.7 Å². The van der Waals surface area contributed by atoms with Crippen LogP contribution in [0.3, 0.4) is 0 Å². The molecule has 0 bridgehead atoms. The van der Waals surface area contributed by atoms with E-state index >= 15 is 0 Å². The van der Waals surface area contributed by atoms with Crippen molar-refractivity contribution in [2.24, 2.45) is 0 Å². The Morgan fingerprint density at radius 2 is 1.94 bits per heavy atom. The van der Waals surface area contributed by atoms with Crippen LogP contribution < -0.4 is 10.2 Å². The minimum absolute atomic E-state index is 0.00213. The highest BCUT2D eigenvalue weighted by atomic mass is 16.5. The first-order chi connectivity index (χ1) is 15.4. The maximum absolute atomic E-state index is 13.0. The molecule has 2 rings (SSSR count). The zero-order valence-corrected chi connectivity index (χ0v) is 20.5. The van der Waals surface area contributed by atoms with Gasteiger partial charge < -0.3 is 10.1 Å². The van der Waals surface area contributed by atoms with Gasteiger partial charge in [0.25, 0.3) is 0 Å². The Bertz CT molecular complexity index is 768. The molecule has 1 unspecified atom stereocenters. The van der Waals surface area contributed by atoms with Gasteiger partial charge in [-0.1, -0.05) is 52.3 Å². The number of anilines is 1. The fourth-order valence-electron chi connectivity index (χ4n) is 4.44. The molecular formula is C27H42N2O3. The van der Waals surface area contributed by atoms with Crippen LogP contribution in [0.15, 0.2) is 30.5 Å². The molecule has 1 aromatic carbocycles. The molecule has 0 aliphatic carbocycles. The lowest BCUT2D eigenvalue weighted by molar-refractivity contribution is -0.126. The lowest BCUT2D eigenvalue weighted by Crippen LogP contribution is -2.52. The van der Waals surface area contributed by atoms with Gasteiger partial charge in [-0.25, -0.2) is 0 Å². The number of carbonyl (C=O) groups excluding carboxylic acids is 2. The molecule has 0 radical (unpaired) electrons. The quantitative estimate of drug-likeness (QED) is 0.391. The Labute approximate surface area is 194 Å². The molecule has 1 aliphatic rings. The van der Waals surface area contributed by atoms with Gasteiger partial charge in [-0.3, -0.25) is 14.5 Å². The van der Waals surface area contributed by atoms with Crippen LogP contribution in [-0.4, -0.2) is 30.6 Å². The first kappa shape index (κ1) is 26.1. The molecule has 1 aromatic rings. The third-order valence-electron chi connectivity index (χ3n) is 6.07. The zero-order valence-electron chi connectivity index (χ0n) is 20.5. The maximum atomic E-state index is 13.0. The molecule has 178 valence electrons. The van der Waals surface area contributed by atoms with Crippen LogP contribution in [0, 0.1) is 6.92 Å². The summed E-state index contributed by atoms with van der Waals surface area (Å²) in [7, 11) is 0. The molecule has 0 aromatic heterocycles. The number of allylic oxidation sites excluding steroid dienone is 1. The van der Waals surface area contributed by atoms with Crippen molar-refractivity contribution in [2.45, 2.75) is 104 Å². The van der Waals surface area contributed by atoms with E-state index in [0.717, 1.165) is 68.5 Å². The van der Waals surface area contributed by atoms with Crippen molar-refractivity contribution in [1.29, 1.82) is 0 Å². The third-order valence-corrected chi connectivity index (χ3v) is 6.07. The van der Waals surface area contributed by atoms with E-state index in [2.05, 4.69) is 37.9 Å². The number of hydrogen-bond donors (Lipinski definition) is 1. The number of benzene rings is 1. The summed E-state index contributed by atoms with van der Waals surface area (Å²) in [6.07, 6.45) is 9.37. The molecule has 1 heterocycles. The minimum Gasteiger partial charge on any atom is -0.378 e. The lowest BCUT2D eigenvalue weighted by atomic mass is 9.99. The van der Waals surface area contributed by atoms with E-state index in [1.54, 1.807) is 4.90 Å². The Morgan fingerprint density at radius 1 is 1.22 bits per heavy atom. The predicted molar refractivity (Wildman–Crippen MR) is 132 cm³/mol. The van der Waals surface area contributed by atoms with Crippen LogP contribution in [0.5, 0.6) is 0 Å². The lowest BCUT2D eigenvalue weighted by Gasteiger charge is -2.35. The SMILES string of the molecule is C=C1CCC(N(C(=O)CCC)c2ccc(CCCOC(CCC)CCC)cc2C)C(=O)N1. The summed E-state index contributed by atoms with van der Waals surface area (Å²) in [4.78, 5) is 27.4. The number of amides is 2. The van der Waals surface area contributed by atoms with Gasteiger partial charge in [-0.15, -0.1) is 0 Å². The summed E-state index contributed by atoms with van der Waals surface area (Å²) >= 11 is 0. The molecular weight excluding hydrogens is 400 g/mol. The number of ether oxygens (including phenoxy) is 1. The average molecular weight is 443 g/mol. The smallest absolute Gasteiger partial charge is 0.247 e. The van der Waals surface area contributed by atoms with Crippen LogP contribution in [0.25, 0.3) is 0 Å². The van der Waals surface area contributed by atoms with Crippen molar-refractivity contribution in [3.63, 3.8) is 0 Å².